The molecule has 0 aromatic carbocycles. The molecule has 0 aliphatic heterocycles. The normalized spacial score (nSPS) is 15.1. The highest BCUT2D eigenvalue weighted by Gasteiger charge is 2.32. The zero-order valence-corrected chi connectivity index (χ0v) is 12.4. The molecule has 0 bridgehead atoms. The Morgan fingerprint density at radius 1 is 1.25 bits per heavy atom. The standard InChI is InChI=1S/C14H21N5O/c1-10-16-6-11(7-17-10)5-12(13(20)14(2,3)4)19-9-15-8-18-19/h6-9,12-13,20H,5H2,1-4H3. The van der Waals surface area contributed by atoms with E-state index in [1.165, 1.54) is 6.33 Å². The summed E-state index contributed by atoms with van der Waals surface area (Å²) in [6.07, 6.45) is 6.76. The maximum absolute atomic E-state index is 10.6. The van der Waals surface area contributed by atoms with Gasteiger partial charge in [-0.15, -0.1) is 0 Å². The van der Waals surface area contributed by atoms with E-state index in [0.29, 0.717) is 6.42 Å². The van der Waals surface area contributed by atoms with Crippen LogP contribution in [0.1, 0.15) is 38.2 Å². The molecule has 0 saturated heterocycles. The van der Waals surface area contributed by atoms with Gasteiger partial charge in [0, 0.05) is 18.8 Å². The topological polar surface area (TPSA) is 76.7 Å². The second-order valence-corrected chi connectivity index (χ2v) is 6.10. The van der Waals surface area contributed by atoms with Crippen LogP contribution in [0.25, 0.3) is 0 Å². The fourth-order valence-electron chi connectivity index (χ4n) is 2.08. The first-order chi connectivity index (χ1) is 9.38. The maximum Gasteiger partial charge on any atom is 0.137 e. The number of aryl methyl sites for hydroxylation is 1. The van der Waals surface area contributed by atoms with Crippen molar-refractivity contribution in [1.82, 2.24) is 24.7 Å². The van der Waals surface area contributed by atoms with E-state index in [0.717, 1.165) is 11.4 Å². The van der Waals surface area contributed by atoms with Crippen molar-refractivity contribution < 1.29 is 5.11 Å². The van der Waals surface area contributed by atoms with E-state index < -0.39 is 6.10 Å². The van der Waals surface area contributed by atoms with Crippen LogP contribution < -0.4 is 0 Å². The van der Waals surface area contributed by atoms with Gasteiger partial charge < -0.3 is 5.11 Å². The lowest BCUT2D eigenvalue weighted by Gasteiger charge is -2.32. The Balaban J connectivity index is 2.26. The third-order valence-electron chi connectivity index (χ3n) is 3.31. The van der Waals surface area contributed by atoms with Crippen LogP contribution in [0.15, 0.2) is 25.0 Å². The lowest BCUT2D eigenvalue weighted by atomic mass is 9.83. The highest BCUT2D eigenvalue weighted by Crippen LogP contribution is 2.30. The van der Waals surface area contributed by atoms with Crippen LogP contribution in [0, 0.1) is 12.3 Å². The summed E-state index contributed by atoms with van der Waals surface area (Å²) in [5.41, 5.74) is 0.724. The average Bonchev–Trinajstić information content (AvgIpc) is 2.90. The number of rotatable bonds is 4. The molecule has 0 saturated carbocycles. The Hall–Kier alpha value is -1.82. The molecule has 2 atom stereocenters. The molecule has 6 nitrogen and oxygen atoms in total. The van der Waals surface area contributed by atoms with E-state index in [9.17, 15) is 5.11 Å². The van der Waals surface area contributed by atoms with E-state index in [4.69, 9.17) is 0 Å². The molecule has 20 heavy (non-hydrogen) atoms. The molecule has 1 N–H and O–H groups in total. The summed E-state index contributed by atoms with van der Waals surface area (Å²) in [5.74, 6) is 0.738. The van der Waals surface area contributed by atoms with Crippen LogP contribution in [0.3, 0.4) is 0 Å². The Morgan fingerprint density at radius 3 is 2.40 bits per heavy atom. The van der Waals surface area contributed by atoms with Crippen molar-refractivity contribution in [2.75, 3.05) is 0 Å². The molecule has 6 heteroatoms. The highest BCUT2D eigenvalue weighted by atomic mass is 16.3. The van der Waals surface area contributed by atoms with Gasteiger partial charge in [0.1, 0.15) is 18.5 Å². The second-order valence-electron chi connectivity index (χ2n) is 6.10. The zero-order chi connectivity index (χ0) is 14.8. The van der Waals surface area contributed by atoms with Gasteiger partial charge in [-0.3, -0.25) is 0 Å². The largest absolute Gasteiger partial charge is 0.390 e. The van der Waals surface area contributed by atoms with E-state index in [-0.39, 0.29) is 11.5 Å². The van der Waals surface area contributed by atoms with Crippen LogP contribution in [-0.4, -0.2) is 35.9 Å². The minimum Gasteiger partial charge on any atom is -0.390 e. The van der Waals surface area contributed by atoms with Crippen molar-refractivity contribution in [2.45, 2.75) is 46.3 Å². The predicted octanol–water partition coefficient (Wildman–Crippen LogP) is 1.57. The number of aliphatic hydroxyl groups is 1. The number of aromatic nitrogens is 5. The zero-order valence-electron chi connectivity index (χ0n) is 12.4. The van der Waals surface area contributed by atoms with Gasteiger partial charge >= 0.3 is 0 Å². The molecule has 0 aliphatic carbocycles. The van der Waals surface area contributed by atoms with E-state index in [2.05, 4.69) is 20.1 Å². The van der Waals surface area contributed by atoms with Crippen LogP contribution in [0.5, 0.6) is 0 Å². The van der Waals surface area contributed by atoms with Crippen molar-refractivity contribution >= 4 is 0 Å². The van der Waals surface area contributed by atoms with Gasteiger partial charge in [0.2, 0.25) is 0 Å². The van der Waals surface area contributed by atoms with Gasteiger partial charge in [0.05, 0.1) is 12.1 Å². The Bertz CT molecular complexity index is 530. The summed E-state index contributed by atoms with van der Waals surface area (Å²) in [6.45, 7) is 7.87. The maximum atomic E-state index is 10.6. The number of aliphatic hydroxyl groups excluding tert-OH is 1. The molecule has 2 aromatic rings. The van der Waals surface area contributed by atoms with Crippen molar-refractivity contribution in [3.05, 3.63) is 36.4 Å². The van der Waals surface area contributed by atoms with Crippen molar-refractivity contribution in [1.29, 1.82) is 0 Å². The summed E-state index contributed by atoms with van der Waals surface area (Å²) in [5, 5.41) is 14.8. The molecule has 0 aliphatic rings. The van der Waals surface area contributed by atoms with Gasteiger partial charge in [-0.05, 0) is 17.9 Å². The van der Waals surface area contributed by atoms with Crippen molar-refractivity contribution in [3.8, 4) is 0 Å². The lowest BCUT2D eigenvalue weighted by molar-refractivity contribution is 0.0124. The Morgan fingerprint density at radius 2 is 1.90 bits per heavy atom. The molecular weight excluding hydrogens is 254 g/mol. The van der Waals surface area contributed by atoms with Crippen molar-refractivity contribution in [3.63, 3.8) is 0 Å². The molecular formula is C14H21N5O. The smallest absolute Gasteiger partial charge is 0.137 e. The van der Waals surface area contributed by atoms with Gasteiger partial charge in [0.15, 0.2) is 0 Å². The summed E-state index contributed by atoms with van der Waals surface area (Å²) in [6, 6.07) is -0.191. The molecule has 0 radical (unpaired) electrons. The average molecular weight is 275 g/mol. The minimum atomic E-state index is -0.550. The monoisotopic (exact) mass is 275 g/mol. The van der Waals surface area contributed by atoms with E-state index in [1.54, 1.807) is 23.4 Å². The highest BCUT2D eigenvalue weighted by molar-refractivity contribution is 5.07. The number of hydrogen-bond donors (Lipinski definition) is 1. The van der Waals surface area contributed by atoms with Crippen molar-refractivity contribution in [2.24, 2.45) is 5.41 Å². The summed E-state index contributed by atoms with van der Waals surface area (Å²) < 4.78 is 1.70. The molecule has 108 valence electrons. The third-order valence-corrected chi connectivity index (χ3v) is 3.31. The van der Waals surface area contributed by atoms with Crippen LogP contribution in [-0.2, 0) is 6.42 Å². The molecule has 0 amide bonds. The molecule has 0 spiro atoms. The van der Waals surface area contributed by atoms with Crippen LogP contribution >= 0.6 is 0 Å². The Labute approximate surface area is 118 Å². The molecule has 2 heterocycles. The first-order valence-electron chi connectivity index (χ1n) is 6.67. The fraction of sp³-hybridized carbons (Fsp3) is 0.571. The first-order valence-corrected chi connectivity index (χ1v) is 6.67. The van der Waals surface area contributed by atoms with Gasteiger partial charge in [-0.1, -0.05) is 20.8 Å². The molecule has 2 rings (SSSR count). The Kier molecular flexibility index (Phi) is 4.13. The molecule has 2 aromatic heterocycles. The SMILES string of the molecule is Cc1ncc(CC(C(O)C(C)(C)C)n2cncn2)cn1. The van der Waals surface area contributed by atoms with Gasteiger partial charge in [-0.25, -0.2) is 19.6 Å². The van der Waals surface area contributed by atoms with Gasteiger partial charge in [0.25, 0.3) is 0 Å². The lowest BCUT2D eigenvalue weighted by Crippen LogP contribution is -2.37. The summed E-state index contributed by atoms with van der Waals surface area (Å²) in [7, 11) is 0. The minimum absolute atomic E-state index is 0.191. The van der Waals surface area contributed by atoms with Crippen LogP contribution in [0.2, 0.25) is 0 Å². The quantitative estimate of drug-likeness (QED) is 0.916. The van der Waals surface area contributed by atoms with Gasteiger partial charge in [-0.2, -0.15) is 5.10 Å². The first kappa shape index (κ1) is 14.6. The third kappa shape index (κ3) is 3.39. The second kappa shape index (κ2) is 5.66. The van der Waals surface area contributed by atoms with E-state index in [1.807, 2.05) is 27.7 Å². The fourth-order valence-corrected chi connectivity index (χ4v) is 2.08. The van der Waals surface area contributed by atoms with Crippen LogP contribution in [0.4, 0.5) is 0 Å². The number of hydrogen-bond acceptors (Lipinski definition) is 5. The van der Waals surface area contributed by atoms with E-state index >= 15 is 0 Å². The molecule has 2 unspecified atom stereocenters. The molecule has 0 fully saturated rings. The number of nitrogens with zero attached hydrogens (tertiary/aromatic N) is 5. The predicted molar refractivity (Wildman–Crippen MR) is 75.0 cm³/mol. The summed E-state index contributed by atoms with van der Waals surface area (Å²) in [4.78, 5) is 12.4. The summed E-state index contributed by atoms with van der Waals surface area (Å²) >= 11 is 0.